The van der Waals surface area contributed by atoms with Crippen LogP contribution < -0.4 is 10.6 Å². The number of rotatable bonds is 7. The average molecular weight is 490 g/mol. The first-order valence-electron chi connectivity index (χ1n) is 9.31. The Hall–Kier alpha value is -3.07. The molecule has 7 nitrogen and oxygen atoms in total. The van der Waals surface area contributed by atoms with E-state index < -0.39 is 16.1 Å². The molecule has 0 saturated heterocycles. The van der Waals surface area contributed by atoms with Crippen LogP contribution in [0.15, 0.2) is 71.6 Å². The number of non-ortho nitro benzene ring substituents is 1. The number of anilines is 2. The molecule has 1 unspecified atom stereocenters. The number of thioether (sulfide) groups is 1. The van der Waals surface area contributed by atoms with E-state index in [0.717, 1.165) is 4.90 Å². The molecule has 0 heterocycles. The van der Waals surface area contributed by atoms with Crippen LogP contribution in [-0.2, 0) is 4.79 Å². The fourth-order valence-corrected chi connectivity index (χ4v) is 4.19. The summed E-state index contributed by atoms with van der Waals surface area (Å²) in [6, 6.07) is 17.2. The minimum absolute atomic E-state index is 0.164. The number of halogens is 2. The Morgan fingerprint density at radius 3 is 2.31 bits per heavy atom. The lowest BCUT2D eigenvalue weighted by Gasteiger charge is -2.13. The Morgan fingerprint density at radius 2 is 1.62 bits per heavy atom. The van der Waals surface area contributed by atoms with Crippen molar-refractivity contribution < 1.29 is 14.5 Å². The van der Waals surface area contributed by atoms with E-state index >= 15 is 0 Å². The van der Waals surface area contributed by atoms with Gasteiger partial charge >= 0.3 is 0 Å². The zero-order valence-electron chi connectivity index (χ0n) is 16.7. The van der Waals surface area contributed by atoms with Crippen molar-refractivity contribution in [2.24, 2.45) is 0 Å². The fraction of sp³-hybridized carbons (Fsp3) is 0.0909. The van der Waals surface area contributed by atoms with Gasteiger partial charge in [-0.25, -0.2) is 0 Å². The Labute approximate surface area is 198 Å². The summed E-state index contributed by atoms with van der Waals surface area (Å²) in [5.74, 6) is -0.709. The van der Waals surface area contributed by atoms with Gasteiger partial charge in [-0.1, -0.05) is 35.3 Å². The molecule has 10 heteroatoms. The summed E-state index contributed by atoms with van der Waals surface area (Å²) >= 11 is 13.2. The van der Waals surface area contributed by atoms with Crippen molar-refractivity contribution in [3.8, 4) is 0 Å². The molecule has 0 fully saturated rings. The van der Waals surface area contributed by atoms with Gasteiger partial charge in [0, 0.05) is 44.0 Å². The summed E-state index contributed by atoms with van der Waals surface area (Å²) in [7, 11) is 0. The first kappa shape index (κ1) is 23.6. The number of nitro groups is 1. The van der Waals surface area contributed by atoms with Crippen LogP contribution >= 0.6 is 35.0 Å². The molecule has 1 atom stereocenters. The number of benzene rings is 3. The minimum atomic E-state index is -0.558. The number of nitrogens with one attached hydrogen (secondary N) is 2. The van der Waals surface area contributed by atoms with Crippen molar-refractivity contribution in [2.75, 3.05) is 10.6 Å². The van der Waals surface area contributed by atoms with Crippen LogP contribution in [0.5, 0.6) is 0 Å². The molecule has 0 aliphatic rings. The Balaban J connectivity index is 1.65. The van der Waals surface area contributed by atoms with Gasteiger partial charge in [-0.05, 0) is 49.4 Å². The molecule has 2 N–H and O–H groups in total. The van der Waals surface area contributed by atoms with Gasteiger partial charge in [-0.2, -0.15) is 0 Å². The molecule has 3 rings (SSSR count). The van der Waals surface area contributed by atoms with Crippen molar-refractivity contribution in [3.05, 3.63) is 92.5 Å². The second-order valence-corrected chi connectivity index (χ2v) is 8.98. The molecule has 0 bridgehead atoms. The monoisotopic (exact) mass is 489 g/mol. The van der Waals surface area contributed by atoms with E-state index in [1.807, 2.05) is 6.07 Å². The lowest BCUT2D eigenvalue weighted by molar-refractivity contribution is -0.384. The number of carbonyl (C=O) groups excluding carboxylic acids is 2. The van der Waals surface area contributed by atoms with Crippen LogP contribution in [0.2, 0.25) is 10.0 Å². The predicted octanol–water partition coefficient (Wildman–Crippen LogP) is 6.27. The maximum absolute atomic E-state index is 12.5. The third kappa shape index (κ3) is 6.46. The van der Waals surface area contributed by atoms with Crippen molar-refractivity contribution in [2.45, 2.75) is 17.1 Å². The molecule has 2 amide bonds. The zero-order chi connectivity index (χ0) is 23.3. The van der Waals surface area contributed by atoms with Gasteiger partial charge in [0.2, 0.25) is 5.91 Å². The van der Waals surface area contributed by atoms with Crippen molar-refractivity contribution in [3.63, 3.8) is 0 Å². The number of carbonyl (C=O) groups is 2. The van der Waals surface area contributed by atoms with Gasteiger partial charge in [0.15, 0.2) is 0 Å². The van der Waals surface area contributed by atoms with Gasteiger partial charge in [-0.15, -0.1) is 11.8 Å². The molecule has 3 aromatic carbocycles. The second kappa shape index (κ2) is 10.5. The minimum Gasteiger partial charge on any atom is -0.325 e. The summed E-state index contributed by atoms with van der Waals surface area (Å²) in [6.45, 7) is 1.75. The number of hydrogen-bond acceptors (Lipinski definition) is 5. The Kier molecular flexibility index (Phi) is 7.74. The zero-order valence-corrected chi connectivity index (χ0v) is 19.0. The van der Waals surface area contributed by atoms with Gasteiger partial charge in [0.1, 0.15) is 0 Å². The maximum Gasteiger partial charge on any atom is 0.270 e. The molecule has 3 aromatic rings. The highest BCUT2D eigenvalue weighted by molar-refractivity contribution is 8.00. The highest BCUT2D eigenvalue weighted by atomic mass is 35.5. The first-order chi connectivity index (χ1) is 15.2. The number of hydrogen-bond donors (Lipinski definition) is 2. The van der Waals surface area contributed by atoms with E-state index in [1.165, 1.54) is 36.0 Å². The number of nitrogens with zero attached hydrogens (tertiary/aromatic N) is 1. The molecule has 0 radical (unpaired) electrons. The van der Waals surface area contributed by atoms with Crippen molar-refractivity contribution in [1.82, 2.24) is 0 Å². The highest BCUT2D eigenvalue weighted by Gasteiger charge is 2.16. The topological polar surface area (TPSA) is 101 Å². The third-order valence-electron chi connectivity index (χ3n) is 4.22. The van der Waals surface area contributed by atoms with E-state index in [0.29, 0.717) is 21.4 Å². The van der Waals surface area contributed by atoms with Gasteiger partial charge < -0.3 is 10.6 Å². The quantitative estimate of drug-likeness (QED) is 0.231. The van der Waals surface area contributed by atoms with E-state index in [1.54, 1.807) is 43.3 Å². The molecule has 0 aromatic heterocycles. The van der Waals surface area contributed by atoms with Crippen LogP contribution in [0, 0.1) is 10.1 Å². The number of amides is 2. The SMILES string of the molecule is CC(Sc1cccc(NC(=O)c2cccc([N+](=O)[O-])c2)c1)C(=O)Nc1cc(Cl)cc(Cl)c1. The van der Waals surface area contributed by atoms with Gasteiger partial charge in [-0.3, -0.25) is 19.7 Å². The molecular weight excluding hydrogens is 473 g/mol. The van der Waals surface area contributed by atoms with Crippen LogP contribution in [0.1, 0.15) is 17.3 Å². The Morgan fingerprint density at radius 1 is 0.938 bits per heavy atom. The largest absolute Gasteiger partial charge is 0.325 e. The second-order valence-electron chi connectivity index (χ2n) is 6.70. The Bertz CT molecular complexity index is 1170. The van der Waals surface area contributed by atoms with E-state index in [-0.39, 0.29) is 17.2 Å². The molecular formula is C22H17Cl2N3O4S. The fourth-order valence-electron chi connectivity index (χ4n) is 2.74. The lowest BCUT2D eigenvalue weighted by Crippen LogP contribution is -2.22. The molecule has 32 heavy (non-hydrogen) atoms. The lowest BCUT2D eigenvalue weighted by atomic mass is 10.2. The van der Waals surface area contributed by atoms with Gasteiger partial charge in [0.05, 0.1) is 10.2 Å². The predicted molar refractivity (Wildman–Crippen MR) is 128 cm³/mol. The summed E-state index contributed by atoms with van der Waals surface area (Å²) in [5.41, 5.74) is 1.01. The first-order valence-corrected chi connectivity index (χ1v) is 10.9. The van der Waals surface area contributed by atoms with Crippen LogP contribution in [0.3, 0.4) is 0 Å². The van der Waals surface area contributed by atoms with E-state index in [2.05, 4.69) is 10.6 Å². The summed E-state index contributed by atoms with van der Waals surface area (Å²) in [4.78, 5) is 36.1. The molecule has 164 valence electrons. The molecule has 0 spiro atoms. The normalized spacial score (nSPS) is 11.5. The summed E-state index contributed by atoms with van der Waals surface area (Å²) < 4.78 is 0. The summed E-state index contributed by atoms with van der Waals surface area (Å²) in [5, 5.41) is 16.8. The molecule has 0 aliphatic heterocycles. The van der Waals surface area contributed by atoms with Crippen molar-refractivity contribution >= 4 is 63.8 Å². The van der Waals surface area contributed by atoms with E-state index in [9.17, 15) is 19.7 Å². The van der Waals surface area contributed by atoms with E-state index in [4.69, 9.17) is 23.2 Å². The van der Waals surface area contributed by atoms with Crippen LogP contribution in [0.4, 0.5) is 17.1 Å². The van der Waals surface area contributed by atoms with Crippen LogP contribution in [0.25, 0.3) is 0 Å². The standard InChI is InChI=1S/C22H17Cl2N3O4S/c1-13(21(28)26-18-10-15(23)9-16(24)11-18)32-20-7-3-5-17(12-20)25-22(29)14-4-2-6-19(8-14)27(30)31/h2-13H,1H3,(H,25,29)(H,26,28). The smallest absolute Gasteiger partial charge is 0.270 e. The number of nitro benzene ring substituents is 1. The van der Waals surface area contributed by atoms with Gasteiger partial charge in [0.25, 0.3) is 11.6 Å². The molecule has 0 saturated carbocycles. The van der Waals surface area contributed by atoms with Crippen molar-refractivity contribution in [1.29, 1.82) is 0 Å². The third-order valence-corrected chi connectivity index (χ3v) is 5.75. The summed E-state index contributed by atoms with van der Waals surface area (Å²) in [6.07, 6.45) is 0. The molecule has 0 aliphatic carbocycles. The maximum atomic E-state index is 12.5. The highest BCUT2D eigenvalue weighted by Crippen LogP contribution is 2.28. The average Bonchev–Trinajstić information content (AvgIpc) is 2.73. The van der Waals surface area contributed by atoms with Crippen LogP contribution in [-0.4, -0.2) is 22.0 Å².